The van der Waals surface area contributed by atoms with Crippen molar-refractivity contribution in [2.75, 3.05) is 25.0 Å². The number of nitrogens with two attached hydrogens (primary N) is 1. The number of carboxylic acids is 1. The monoisotopic (exact) mass is 344 g/mol. The Labute approximate surface area is 146 Å². The standard InChI is InChI=1S/C18H24N4O3/c1-3-22-8-6-18(19,7-9-22)17(25)20-13-4-5-14-12(10-13)11-15(16(23)24)21(14)2/h4-5,10-11H,3,6-9,19H2,1-2H3,(H,20,25)(H,23,24). The normalized spacial score (nSPS) is 17.6. The summed E-state index contributed by atoms with van der Waals surface area (Å²) < 4.78 is 1.62. The average molecular weight is 344 g/mol. The second-order valence-corrected chi connectivity index (χ2v) is 6.71. The van der Waals surface area contributed by atoms with Crippen LogP contribution in [0, 0.1) is 0 Å². The first-order valence-electron chi connectivity index (χ1n) is 8.49. The number of aryl methyl sites for hydroxylation is 1. The molecule has 1 aliphatic heterocycles. The van der Waals surface area contributed by atoms with Gasteiger partial charge < -0.3 is 25.6 Å². The first-order valence-corrected chi connectivity index (χ1v) is 8.49. The van der Waals surface area contributed by atoms with Crippen molar-refractivity contribution in [3.05, 3.63) is 30.0 Å². The van der Waals surface area contributed by atoms with Gasteiger partial charge >= 0.3 is 5.97 Å². The average Bonchev–Trinajstić information content (AvgIpc) is 2.92. The molecule has 25 heavy (non-hydrogen) atoms. The van der Waals surface area contributed by atoms with Crippen LogP contribution in [0.3, 0.4) is 0 Å². The number of benzene rings is 1. The predicted octanol–water partition coefficient (Wildman–Crippen LogP) is 1.63. The molecule has 2 aromatic rings. The van der Waals surface area contributed by atoms with Crippen LogP contribution in [-0.2, 0) is 11.8 Å². The molecule has 0 atom stereocenters. The number of nitrogens with one attached hydrogen (secondary N) is 1. The van der Waals surface area contributed by atoms with Crippen LogP contribution in [0.1, 0.15) is 30.3 Å². The highest BCUT2D eigenvalue weighted by atomic mass is 16.4. The lowest BCUT2D eigenvalue weighted by molar-refractivity contribution is -0.122. The third-order valence-corrected chi connectivity index (χ3v) is 5.17. The highest BCUT2D eigenvalue weighted by Crippen LogP contribution is 2.25. The van der Waals surface area contributed by atoms with Gasteiger partial charge in [0.05, 0.1) is 5.54 Å². The number of piperidine rings is 1. The summed E-state index contributed by atoms with van der Waals surface area (Å²) in [6.07, 6.45) is 1.26. The molecule has 0 unspecified atom stereocenters. The fourth-order valence-corrected chi connectivity index (χ4v) is 3.38. The number of carboxylic acid groups (broad SMARTS) is 1. The van der Waals surface area contributed by atoms with Gasteiger partial charge in [0, 0.05) is 36.7 Å². The molecular weight excluding hydrogens is 320 g/mol. The Hall–Kier alpha value is -2.38. The van der Waals surface area contributed by atoms with Crippen molar-refractivity contribution >= 4 is 28.5 Å². The van der Waals surface area contributed by atoms with E-state index < -0.39 is 11.5 Å². The number of aromatic nitrogens is 1. The number of carbonyl (C=O) groups is 2. The van der Waals surface area contributed by atoms with E-state index in [2.05, 4.69) is 17.1 Å². The molecule has 134 valence electrons. The van der Waals surface area contributed by atoms with Gasteiger partial charge in [0.1, 0.15) is 5.69 Å². The van der Waals surface area contributed by atoms with Crippen LogP contribution in [0.15, 0.2) is 24.3 Å². The topological polar surface area (TPSA) is 101 Å². The molecular formula is C18H24N4O3. The maximum atomic E-state index is 12.6. The number of hydrogen-bond donors (Lipinski definition) is 3. The Bertz CT molecular complexity index is 819. The lowest BCUT2D eigenvalue weighted by Crippen LogP contribution is -2.57. The van der Waals surface area contributed by atoms with Gasteiger partial charge in [-0.25, -0.2) is 4.79 Å². The van der Waals surface area contributed by atoms with Gasteiger partial charge in [-0.05, 0) is 43.7 Å². The number of aromatic carboxylic acids is 1. The van der Waals surface area contributed by atoms with Crippen molar-refractivity contribution in [3.8, 4) is 0 Å². The summed E-state index contributed by atoms with van der Waals surface area (Å²) in [5.74, 6) is -1.16. The van der Waals surface area contributed by atoms with E-state index in [-0.39, 0.29) is 11.6 Å². The zero-order chi connectivity index (χ0) is 18.2. The van der Waals surface area contributed by atoms with Crippen molar-refractivity contribution in [1.82, 2.24) is 9.47 Å². The number of anilines is 1. The third kappa shape index (κ3) is 3.25. The summed E-state index contributed by atoms with van der Waals surface area (Å²) in [5, 5.41) is 12.9. The number of rotatable bonds is 4. The molecule has 1 amide bonds. The van der Waals surface area contributed by atoms with Crippen LogP contribution in [0.25, 0.3) is 10.9 Å². The van der Waals surface area contributed by atoms with Gasteiger partial charge in [0.2, 0.25) is 5.91 Å². The van der Waals surface area contributed by atoms with Crippen molar-refractivity contribution < 1.29 is 14.7 Å². The Morgan fingerprint density at radius 1 is 1.28 bits per heavy atom. The van der Waals surface area contributed by atoms with Gasteiger partial charge in [-0.1, -0.05) is 6.92 Å². The van der Waals surface area contributed by atoms with Crippen molar-refractivity contribution in [2.45, 2.75) is 25.3 Å². The zero-order valence-electron chi connectivity index (χ0n) is 14.6. The van der Waals surface area contributed by atoms with E-state index in [0.717, 1.165) is 30.5 Å². The molecule has 0 bridgehead atoms. The summed E-state index contributed by atoms with van der Waals surface area (Å²) in [6.45, 7) is 4.71. The highest BCUT2D eigenvalue weighted by Gasteiger charge is 2.37. The van der Waals surface area contributed by atoms with E-state index in [9.17, 15) is 14.7 Å². The molecule has 0 radical (unpaired) electrons. The predicted molar refractivity (Wildman–Crippen MR) is 96.8 cm³/mol. The van der Waals surface area contributed by atoms with E-state index in [0.29, 0.717) is 18.5 Å². The molecule has 1 fully saturated rings. The minimum absolute atomic E-state index is 0.183. The first-order chi connectivity index (χ1) is 11.8. The largest absolute Gasteiger partial charge is 0.477 e. The maximum absolute atomic E-state index is 12.6. The summed E-state index contributed by atoms with van der Waals surface area (Å²) in [7, 11) is 1.71. The molecule has 4 N–H and O–H groups in total. The van der Waals surface area contributed by atoms with E-state index in [4.69, 9.17) is 5.73 Å². The second-order valence-electron chi connectivity index (χ2n) is 6.71. The van der Waals surface area contributed by atoms with E-state index in [1.165, 1.54) is 0 Å². The Balaban J connectivity index is 1.78. The molecule has 1 aromatic heterocycles. The lowest BCUT2D eigenvalue weighted by Gasteiger charge is -2.37. The van der Waals surface area contributed by atoms with Crippen LogP contribution in [-0.4, -0.2) is 51.6 Å². The quantitative estimate of drug-likeness (QED) is 0.783. The highest BCUT2D eigenvalue weighted by molar-refractivity contribution is 6.01. The Kier molecular flexibility index (Phi) is 4.53. The smallest absolute Gasteiger partial charge is 0.352 e. The van der Waals surface area contributed by atoms with Gasteiger partial charge in [0.15, 0.2) is 0 Å². The fraction of sp³-hybridized carbons (Fsp3) is 0.444. The minimum atomic E-state index is -0.979. The van der Waals surface area contributed by atoms with Crippen molar-refractivity contribution in [1.29, 1.82) is 0 Å². The molecule has 0 spiro atoms. The van der Waals surface area contributed by atoms with Crippen LogP contribution < -0.4 is 11.1 Å². The molecule has 1 aromatic carbocycles. The number of fused-ring (bicyclic) bond motifs is 1. The van der Waals surface area contributed by atoms with E-state index in [1.54, 1.807) is 35.9 Å². The van der Waals surface area contributed by atoms with Gasteiger partial charge in [-0.15, -0.1) is 0 Å². The second kappa shape index (κ2) is 6.50. The van der Waals surface area contributed by atoms with Gasteiger partial charge in [-0.2, -0.15) is 0 Å². The number of likely N-dealkylation sites (tertiary alicyclic amines) is 1. The van der Waals surface area contributed by atoms with E-state index >= 15 is 0 Å². The SMILES string of the molecule is CCN1CCC(N)(C(=O)Nc2ccc3c(c2)cc(C(=O)O)n3C)CC1. The molecule has 1 aliphatic rings. The lowest BCUT2D eigenvalue weighted by atomic mass is 9.87. The molecule has 0 saturated carbocycles. The Morgan fingerprint density at radius 3 is 2.56 bits per heavy atom. The van der Waals surface area contributed by atoms with Gasteiger partial charge in [0.25, 0.3) is 0 Å². The number of amides is 1. The van der Waals surface area contributed by atoms with Crippen LogP contribution >= 0.6 is 0 Å². The van der Waals surface area contributed by atoms with E-state index in [1.807, 2.05) is 0 Å². The molecule has 2 heterocycles. The maximum Gasteiger partial charge on any atom is 0.352 e. The van der Waals surface area contributed by atoms with Crippen molar-refractivity contribution in [3.63, 3.8) is 0 Å². The third-order valence-electron chi connectivity index (χ3n) is 5.17. The molecule has 1 saturated heterocycles. The summed E-state index contributed by atoms with van der Waals surface area (Å²) >= 11 is 0. The van der Waals surface area contributed by atoms with Crippen LogP contribution in [0.2, 0.25) is 0 Å². The number of carbonyl (C=O) groups excluding carboxylic acids is 1. The number of nitrogens with zero attached hydrogens (tertiary/aromatic N) is 2. The van der Waals surface area contributed by atoms with Gasteiger partial charge in [-0.3, -0.25) is 4.79 Å². The molecule has 0 aliphatic carbocycles. The molecule has 7 nitrogen and oxygen atoms in total. The summed E-state index contributed by atoms with van der Waals surface area (Å²) in [6, 6.07) is 6.96. The molecule has 7 heteroatoms. The molecule has 3 rings (SSSR count). The van der Waals surface area contributed by atoms with Crippen LogP contribution in [0.4, 0.5) is 5.69 Å². The summed E-state index contributed by atoms with van der Waals surface area (Å²) in [4.78, 5) is 26.2. The fourth-order valence-electron chi connectivity index (χ4n) is 3.38. The Morgan fingerprint density at radius 2 is 1.96 bits per heavy atom. The summed E-state index contributed by atoms with van der Waals surface area (Å²) in [5.41, 5.74) is 7.11. The zero-order valence-corrected chi connectivity index (χ0v) is 14.6. The van der Waals surface area contributed by atoms with Crippen LogP contribution in [0.5, 0.6) is 0 Å². The van der Waals surface area contributed by atoms with Crippen molar-refractivity contribution in [2.24, 2.45) is 12.8 Å². The minimum Gasteiger partial charge on any atom is -0.477 e. The first kappa shape index (κ1) is 17.4. The number of hydrogen-bond acceptors (Lipinski definition) is 4.